The highest BCUT2D eigenvalue weighted by Crippen LogP contribution is 2.33. The van der Waals surface area contributed by atoms with Crippen molar-refractivity contribution in [1.82, 2.24) is 0 Å². The molecule has 0 N–H and O–H groups in total. The van der Waals surface area contributed by atoms with Crippen molar-refractivity contribution in [3.05, 3.63) is 11.6 Å². The lowest BCUT2D eigenvalue weighted by Crippen LogP contribution is -2.21. The van der Waals surface area contributed by atoms with Gasteiger partial charge >= 0.3 is 5.97 Å². The Morgan fingerprint density at radius 2 is 2.06 bits per heavy atom. The first-order chi connectivity index (χ1) is 8.43. The van der Waals surface area contributed by atoms with Gasteiger partial charge < -0.3 is 9.53 Å². The van der Waals surface area contributed by atoms with E-state index in [1.54, 1.807) is 11.8 Å². The summed E-state index contributed by atoms with van der Waals surface area (Å²) in [6.45, 7) is 6.23. The van der Waals surface area contributed by atoms with Gasteiger partial charge in [-0.2, -0.15) is 11.8 Å². The van der Waals surface area contributed by atoms with Gasteiger partial charge in [-0.25, -0.2) is 0 Å². The number of ether oxygens (including phenoxy) is 1. The molecule has 0 aromatic heterocycles. The number of esters is 1. The normalized spacial score (nSPS) is 13.6. The van der Waals surface area contributed by atoms with Gasteiger partial charge in [0.2, 0.25) is 0 Å². The van der Waals surface area contributed by atoms with Gasteiger partial charge in [0.15, 0.2) is 0 Å². The lowest BCUT2D eigenvalue weighted by Gasteiger charge is -2.26. The average molecular weight is 272 g/mol. The van der Waals surface area contributed by atoms with Crippen molar-refractivity contribution < 1.29 is 14.3 Å². The minimum Gasteiger partial charge on any atom is -0.469 e. The van der Waals surface area contributed by atoms with E-state index < -0.39 is 0 Å². The Bertz CT molecular complexity index is 295. The first-order valence-electron chi connectivity index (χ1n) is 6.21. The van der Waals surface area contributed by atoms with Gasteiger partial charge in [-0.3, -0.25) is 4.79 Å². The number of hydrogen-bond donors (Lipinski definition) is 0. The molecule has 4 heteroatoms. The molecule has 1 unspecified atom stereocenters. The molecular weight excluding hydrogens is 248 g/mol. The molecule has 0 rings (SSSR count). The van der Waals surface area contributed by atoms with Crippen LogP contribution in [0.5, 0.6) is 0 Å². The van der Waals surface area contributed by atoms with E-state index >= 15 is 0 Å². The molecule has 0 aromatic rings. The number of allylic oxidation sites excluding steroid dienone is 2. The third-order valence-electron chi connectivity index (χ3n) is 2.73. The van der Waals surface area contributed by atoms with Crippen LogP contribution in [-0.4, -0.2) is 29.9 Å². The van der Waals surface area contributed by atoms with E-state index in [1.165, 1.54) is 12.7 Å². The molecule has 1 atom stereocenters. The molecular formula is C14H24O3S. The maximum atomic E-state index is 11.0. The van der Waals surface area contributed by atoms with Crippen molar-refractivity contribution >= 4 is 24.0 Å². The van der Waals surface area contributed by atoms with Crippen molar-refractivity contribution in [3.8, 4) is 0 Å². The largest absolute Gasteiger partial charge is 0.469 e. The van der Waals surface area contributed by atoms with Crippen LogP contribution >= 0.6 is 11.8 Å². The molecule has 0 aliphatic heterocycles. The lowest BCUT2D eigenvalue weighted by molar-refractivity contribution is -0.140. The highest BCUT2D eigenvalue weighted by molar-refractivity contribution is 8.00. The maximum Gasteiger partial charge on any atom is 0.306 e. The topological polar surface area (TPSA) is 43.4 Å². The predicted octanol–water partition coefficient (Wildman–Crippen LogP) is 3.38. The standard InChI is InChI=1S/C14H24O3S/c1-12(2)6-5-8-14(3,9-10-15)18-11-7-13(16)17-4/h6,10H,5,7-9,11H2,1-4H3. The third kappa shape index (κ3) is 8.34. The third-order valence-corrected chi connectivity index (χ3v) is 4.20. The number of methoxy groups -OCH3 is 1. The van der Waals surface area contributed by atoms with Crippen LogP contribution < -0.4 is 0 Å². The van der Waals surface area contributed by atoms with E-state index in [9.17, 15) is 9.59 Å². The van der Waals surface area contributed by atoms with Gasteiger partial charge in [0.25, 0.3) is 0 Å². The van der Waals surface area contributed by atoms with Gasteiger partial charge in [0.1, 0.15) is 6.29 Å². The highest BCUT2D eigenvalue weighted by atomic mass is 32.2. The van der Waals surface area contributed by atoms with Crippen molar-refractivity contribution in [2.75, 3.05) is 12.9 Å². The van der Waals surface area contributed by atoms with E-state index in [4.69, 9.17) is 0 Å². The Morgan fingerprint density at radius 3 is 2.56 bits per heavy atom. The number of carbonyl (C=O) groups excluding carboxylic acids is 2. The fraction of sp³-hybridized carbons (Fsp3) is 0.714. The van der Waals surface area contributed by atoms with Crippen LogP contribution in [0.1, 0.15) is 46.5 Å². The second-order valence-corrected chi connectivity index (χ2v) is 6.50. The second kappa shape index (κ2) is 9.20. The van der Waals surface area contributed by atoms with E-state index in [0.29, 0.717) is 18.6 Å². The zero-order chi connectivity index (χ0) is 14.0. The summed E-state index contributed by atoms with van der Waals surface area (Å²) in [5.41, 5.74) is 1.29. The number of carbonyl (C=O) groups is 2. The minimum atomic E-state index is -0.194. The highest BCUT2D eigenvalue weighted by Gasteiger charge is 2.23. The van der Waals surface area contributed by atoms with Crippen LogP contribution in [0.2, 0.25) is 0 Å². The molecule has 104 valence electrons. The first-order valence-corrected chi connectivity index (χ1v) is 7.20. The molecule has 0 radical (unpaired) electrons. The average Bonchev–Trinajstić information content (AvgIpc) is 2.28. The van der Waals surface area contributed by atoms with E-state index in [1.807, 2.05) is 0 Å². The molecule has 0 bridgehead atoms. The van der Waals surface area contributed by atoms with Crippen LogP contribution in [0, 0.1) is 0 Å². The molecule has 0 spiro atoms. The Kier molecular flexibility index (Phi) is 8.81. The molecule has 0 aliphatic carbocycles. The van der Waals surface area contributed by atoms with Gasteiger partial charge in [-0.1, -0.05) is 18.6 Å². The Balaban J connectivity index is 4.20. The van der Waals surface area contributed by atoms with Crippen LogP contribution in [0.15, 0.2) is 11.6 Å². The van der Waals surface area contributed by atoms with Crippen molar-refractivity contribution in [2.45, 2.75) is 51.2 Å². The van der Waals surface area contributed by atoms with Crippen molar-refractivity contribution in [3.63, 3.8) is 0 Å². The molecule has 0 amide bonds. The van der Waals surface area contributed by atoms with E-state index in [2.05, 4.69) is 31.6 Å². The lowest BCUT2D eigenvalue weighted by atomic mass is 10.0. The molecule has 0 aliphatic rings. The van der Waals surface area contributed by atoms with Crippen molar-refractivity contribution in [1.29, 1.82) is 0 Å². The minimum absolute atomic E-state index is 0.0816. The monoisotopic (exact) mass is 272 g/mol. The number of thioether (sulfide) groups is 1. The predicted molar refractivity (Wildman–Crippen MR) is 76.8 cm³/mol. The summed E-state index contributed by atoms with van der Waals surface area (Å²) in [6.07, 6.45) is 5.99. The Morgan fingerprint density at radius 1 is 1.39 bits per heavy atom. The summed E-state index contributed by atoms with van der Waals surface area (Å²) in [7, 11) is 1.40. The summed E-state index contributed by atoms with van der Waals surface area (Å²) in [5, 5.41) is 0. The molecule has 18 heavy (non-hydrogen) atoms. The summed E-state index contributed by atoms with van der Waals surface area (Å²) in [5.74, 6) is 0.506. The number of hydrogen-bond acceptors (Lipinski definition) is 4. The molecule has 0 aromatic carbocycles. The quantitative estimate of drug-likeness (QED) is 0.367. The molecule has 0 saturated heterocycles. The van der Waals surface area contributed by atoms with Crippen LogP contribution in [0.4, 0.5) is 0 Å². The summed E-state index contributed by atoms with van der Waals surface area (Å²) in [6, 6.07) is 0. The van der Waals surface area contributed by atoms with Crippen molar-refractivity contribution in [2.24, 2.45) is 0 Å². The van der Waals surface area contributed by atoms with Gasteiger partial charge in [-0.05, 0) is 26.7 Å². The Labute approximate surface area is 114 Å². The number of rotatable bonds is 9. The van der Waals surface area contributed by atoms with Crippen LogP contribution in [0.3, 0.4) is 0 Å². The van der Waals surface area contributed by atoms with Crippen LogP contribution in [0.25, 0.3) is 0 Å². The van der Waals surface area contributed by atoms with Gasteiger partial charge in [0, 0.05) is 16.9 Å². The fourth-order valence-corrected chi connectivity index (χ4v) is 2.77. The molecule has 0 fully saturated rings. The van der Waals surface area contributed by atoms with E-state index in [0.717, 1.165) is 19.1 Å². The zero-order valence-electron chi connectivity index (χ0n) is 11.8. The molecule has 0 heterocycles. The summed E-state index contributed by atoms with van der Waals surface area (Å²) in [4.78, 5) is 21.8. The Hall–Kier alpha value is -0.770. The SMILES string of the molecule is COC(=O)CCSC(C)(CC=O)CCC=C(C)C. The first kappa shape index (κ1) is 17.2. The maximum absolute atomic E-state index is 11.0. The summed E-state index contributed by atoms with van der Waals surface area (Å²) < 4.78 is 4.52. The summed E-state index contributed by atoms with van der Waals surface area (Å²) >= 11 is 1.68. The zero-order valence-corrected chi connectivity index (χ0v) is 12.6. The van der Waals surface area contributed by atoms with Gasteiger partial charge in [-0.15, -0.1) is 0 Å². The smallest absolute Gasteiger partial charge is 0.306 e. The van der Waals surface area contributed by atoms with Crippen LogP contribution in [-0.2, 0) is 14.3 Å². The second-order valence-electron chi connectivity index (χ2n) is 4.82. The van der Waals surface area contributed by atoms with E-state index in [-0.39, 0.29) is 10.7 Å². The van der Waals surface area contributed by atoms with Gasteiger partial charge in [0.05, 0.1) is 13.5 Å². The number of aldehydes is 1. The fourth-order valence-electron chi connectivity index (χ4n) is 1.56. The molecule has 3 nitrogen and oxygen atoms in total. The molecule has 0 saturated carbocycles.